The topological polar surface area (TPSA) is 71.1 Å². The molecule has 156 valence electrons. The van der Waals surface area contributed by atoms with Crippen molar-refractivity contribution in [1.82, 2.24) is 10.3 Å². The highest BCUT2D eigenvalue weighted by atomic mass is 32.1. The van der Waals surface area contributed by atoms with Gasteiger partial charge < -0.3 is 10.6 Å². The molecular weight excluding hydrogens is 426 g/mol. The van der Waals surface area contributed by atoms with Crippen LogP contribution in [0.1, 0.15) is 30.6 Å². The van der Waals surface area contributed by atoms with E-state index in [0.29, 0.717) is 23.4 Å². The van der Waals surface area contributed by atoms with Gasteiger partial charge in [-0.3, -0.25) is 9.59 Å². The van der Waals surface area contributed by atoms with E-state index in [1.54, 1.807) is 71.2 Å². The van der Waals surface area contributed by atoms with E-state index < -0.39 is 0 Å². The van der Waals surface area contributed by atoms with Crippen LogP contribution >= 0.6 is 22.7 Å². The summed E-state index contributed by atoms with van der Waals surface area (Å²) in [5.74, 6) is -0.458. The number of nitrogens with one attached hydrogen (secondary N) is 2. The number of nitrogens with zero attached hydrogens (tertiary/aromatic N) is 1. The fourth-order valence-electron chi connectivity index (χ4n) is 3.10. The molecule has 2 N–H and O–H groups in total. The minimum atomic E-state index is -0.246. The molecule has 0 radical (unpaired) electrons. The second-order valence-electron chi connectivity index (χ2n) is 6.89. The summed E-state index contributed by atoms with van der Waals surface area (Å²) in [6, 6.07) is 20.1. The molecule has 4 aromatic rings. The number of aryl methyl sites for hydroxylation is 1. The van der Waals surface area contributed by atoms with E-state index in [0.717, 1.165) is 22.0 Å². The van der Waals surface area contributed by atoms with Gasteiger partial charge in [0.25, 0.3) is 11.8 Å². The number of amides is 2. The molecule has 0 aliphatic rings. The number of thiazole rings is 1. The van der Waals surface area contributed by atoms with Gasteiger partial charge in [0.1, 0.15) is 0 Å². The van der Waals surface area contributed by atoms with Crippen LogP contribution in [0.3, 0.4) is 0 Å². The minimum Gasteiger partial charge on any atom is -0.352 e. The molecule has 2 aromatic heterocycles. The van der Waals surface area contributed by atoms with Gasteiger partial charge in [-0.05, 0) is 49.7 Å². The Morgan fingerprint density at radius 1 is 0.935 bits per heavy atom. The maximum Gasteiger partial charge on any atom is 0.255 e. The maximum absolute atomic E-state index is 12.7. The Bertz CT molecular complexity index is 1200. The third-order valence-corrected chi connectivity index (χ3v) is 6.59. The first kappa shape index (κ1) is 21.0. The standard InChI is InChI=1S/C24H21N3O2S2/c1-16-26-21(15-30-16)22-12-11-18(31-22)13-14-25-24(29)19-9-5-6-10-20(19)27-23(28)17-7-3-2-4-8-17/h2-12,15H,13-14H2,1H3,(H,25,29)(H,27,28). The van der Waals surface area contributed by atoms with E-state index in [9.17, 15) is 9.59 Å². The van der Waals surface area contributed by atoms with Gasteiger partial charge in [-0.15, -0.1) is 22.7 Å². The molecule has 0 unspecified atom stereocenters. The molecule has 2 amide bonds. The normalized spacial score (nSPS) is 10.6. The van der Waals surface area contributed by atoms with Crippen LogP contribution in [0.2, 0.25) is 0 Å². The number of hydrogen-bond donors (Lipinski definition) is 2. The minimum absolute atomic E-state index is 0.212. The zero-order valence-electron chi connectivity index (χ0n) is 16.9. The lowest BCUT2D eigenvalue weighted by molar-refractivity contribution is 0.0955. The van der Waals surface area contributed by atoms with E-state index in [-0.39, 0.29) is 11.8 Å². The molecule has 5 nitrogen and oxygen atoms in total. The summed E-state index contributed by atoms with van der Waals surface area (Å²) in [6.07, 6.45) is 0.734. The van der Waals surface area contributed by atoms with Crippen molar-refractivity contribution in [3.8, 4) is 10.6 Å². The molecule has 31 heavy (non-hydrogen) atoms. The Hall–Kier alpha value is -3.29. The van der Waals surface area contributed by atoms with Crippen molar-refractivity contribution in [2.45, 2.75) is 13.3 Å². The molecular formula is C24H21N3O2S2. The number of thiophene rings is 1. The summed E-state index contributed by atoms with van der Waals surface area (Å²) in [6.45, 7) is 2.51. The fraction of sp³-hybridized carbons (Fsp3) is 0.125. The van der Waals surface area contributed by atoms with Crippen molar-refractivity contribution >= 4 is 40.2 Å². The summed E-state index contributed by atoms with van der Waals surface area (Å²) in [4.78, 5) is 32.0. The average molecular weight is 448 g/mol. The van der Waals surface area contributed by atoms with Crippen LogP contribution in [-0.4, -0.2) is 23.3 Å². The van der Waals surface area contributed by atoms with Gasteiger partial charge in [0, 0.05) is 22.4 Å². The van der Waals surface area contributed by atoms with Crippen LogP contribution in [0.5, 0.6) is 0 Å². The molecule has 0 spiro atoms. The van der Waals surface area contributed by atoms with Gasteiger partial charge in [0.2, 0.25) is 0 Å². The molecule has 2 heterocycles. The first-order chi connectivity index (χ1) is 15.1. The van der Waals surface area contributed by atoms with Crippen molar-refractivity contribution in [2.75, 3.05) is 11.9 Å². The highest BCUT2D eigenvalue weighted by molar-refractivity contribution is 7.16. The lowest BCUT2D eigenvalue weighted by Gasteiger charge is -2.11. The monoisotopic (exact) mass is 447 g/mol. The lowest BCUT2D eigenvalue weighted by atomic mass is 10.1. The Morgan fingerprint density at radius 3 is 2.48 bits per heavy atom. The van der Waals surface area contributed by atoms with Crippen LogP contribution in [0.25, 0.3) is 10.6 Å². The molecule has 0 saturated heterocycles. The Morgan fingerprint density at radius 2 is 1.71 bits per heavy atom. The summed E-state index contributed by atoms with van der Waals surface area (Å²) in [5, 5.41) is 8.91. The van der Waals surface area contributed by atoms with Gasteiger partial charge in [0.15, 0.2) is 0 Å². The van der Waals surface area contributed by atoms with Crippen LogP contribution in [0.4, 0.5) is 5.69 Å². The number of benzene rings is 2. The molecule has 7 heteroatoms. The van der Waals surface area contributed by atoms with Crippen molar-refractivity contribution in [2.24, 2.45) is 0 Å². The molecule has 0 fully saturated rings. The maximum atomic E-state index is 12.7. The van der Waals surface area contributed by atoms with E-state index in [2.05, 4.69) is 33.1 Å². The SMILES string of the molecule is Cc1nc(-c2ccc(CCNC(=O)c3ccccc3NC(=O)c3ccccc3)s2)cs1. The summed E-state index contributed by atoms with van der Waals surface area (Å²) < 4.78 is 0. The van der Waals surface area contributed by atoms with Crippen LogP contribution in [0, 0.1) is 6.92 Å². The van der Waals surface area contributed by atoms with Gasteiger partial charge in [0.05, 0.1) is 26.8 Å². The van der Waals surface area contributed by atoms with Crippen molar-refractivity contribution < 1.29 is 9.59 Å². The second kappa shape index (κ2) is 9.68. The van der Waals surface area contributed by atoms with Crippen molar-refractivity contribution in [3.05, 3.63) is 93.1 Å². The highest BCUT2D eigenvalue weighted by Gasteiger charge is 2.14. The Labute approximate surface area is 188 Å². The highest BCUT2D eigenvalue weighted by Crippen LogP contribution is 2.29. The predicted octanol–water partition coefficient (Wildman–Crippen LogP) is 5.40. The first-order valence-electron chi connectivity index (χ1n) is 9.85. The number of carbonyl (C=O) groups is 2. The number of carbonyl (C=O) groups excluding carboxylic acids is 2. The Balaban J connectivity index is 1.36. The molecule has 0 aliphatic carbocycles. The number of para-hydroxylation sites is 1. The number of rotatable bonds is 7. The first-order valence-corrected chi connectivity index (χ1v) is 11.5. The zero-order valence-corrected chi connectivity index (χ0v) is 18.6. The van der Waals surface area contributed by atoms with Gasteiger partial charge in [-0.1, -0.05) is 30.3 Å². The third kappa shape index (κ3) is 5.25. The smallest absolute Gasteiger partial charge is 0.255 e. The van der Waals surface area contributed by atoms with E-state index in [1.807, 2.05) is 13.0 Å². The van der Waals surface area contributed by atoms with E-state index in [1.165, 1.54) is 4.88 Å². The summed E-state index contributed by atoms with van der Waals surface area (Å²) in [7, 11) is 0. The third-order valence-electron chi connectivity index (χ3n) is 4.65. The van der Waals surface area contributed by atoms with Crippen LogP contribution in [0.15, 0.2) is 72.1 Å². The largest absolute Gasteiger partial charge is 0.352 e. The molecule has 0 aliphatic heterocycles. The van der Waals surface area contributed by atoms with E-state index >= 15 is 0 Å². The molecule has 4 rings (SSSR count). The number of hydrogen-bond acceptors (Lipinski definition) is 5. The zero-order chi connectivity index (χ0) is 21.6. The van der Waals surface area contributed by atoms with Crippen molar-refractivity contribution in [1.29, 1.82) is 0 Å². The molecule has 0 bridgehead atoms. The average Bonchev–Trinajstić information content (AvgIpc) is 3.43. The lowest BCUT2D eigenvalue weighted by Crippen LogP contribution is -2.27. The van der Waals surface area contributed by atoms with Crippen LogP contribution < -0.4 is 10.6 Å². The van der Waals surface area contributed by atoms with Gasteiger partial charge in [-0.25, -0.2) is 4.98 Å². The van der Waals surface area contributed by atoms with Crippen LogP contribution in [-0.2, 0) is 6.42 Å². The predicted molar refractivity (Wildman–Crippen MR) is 127 cm³/mol. The summed E-state index contributed by atoms with van der Waals surface area (Å²) in [5.41, 5.74) is 2.48. The Kier molecular flexibility index (Phi) is 6.54. The number of anilines is 1. The fourth-order valence-corrected chi connectivity index (χ4v) is 4.75. The van der Waals surface area contributed by atoms with E-state index in [4.69, 9.17) is 0 Å². The summed E-state index contributed by atoms with van der Waals surface area (Å²) >= 11 is 3.33. The number of aromatic nitrogens is 1. The van der Waals surface area contributed by atoms with Gasteiger partial charge >= 0.3 is 0 Å². The molecule has 2 aromatic carbocycles. The second-order valence-corrected chi connectivity index (χ2v) is 9.12. The van der Waals surface area contributed by atoms with Crippen molar-refractivity contribution in [3.63, 3.8) is 0 Å². The van der Waals surface area contributed by atoms with Gasteiger partial charge in [-0.2, -0.15) is 0 Å². The quantitative estimate of drug-likeness (QED) is 0.398. The molecule has 0 saturated carbocycles. The molecule has 0 atom stereocenters.